The molecule has 0 saturated heterocycles. The van der Waals surface area contributed by atoms with Crippen LogP contribution in [0.4, 0.5) is 59.7 Å². The van der Waals surface area contributed by atoms with Crippen molar-refractivity contribution in [3.05, 3.63) is 106 Å². The van der Waals surface area contributed by atoms with Crippen molar-refractivity contribution >= 4 is 45.0 Å². The van der Waals surface area contributed by atoms with Gasteiger partial charge in [0, 0.05) is 15.6 Å². The fourth-order valence-corrected chi connectivity index (χ4v) is 4.47. The molecule has 0 atom stereocenters. The lowest BCUT2D eigenvalue weighted by Crippen LogP contribution is -2.50. The standard InChI is InChI=1S/C27H14BrF11N2O3/c1-2-19(42)41(23(44)15-9-6-10-18(20(15)29)40-22(43)13-7-4-3-5-8-13)21-16(25(31,32)33)11-14(12-17(21)28)24(30,26(34,35)36)27(37,38)39/h2-12H,1H2,(H,40,43). The fraction of sp³-hybridized carbons (Fsp3) is 0.148. The van der Waals surface area contributed by atoms with Crippen molar-refractivity contribution in [2.75, 3.05) is 10.2 Å². The summed E-state index contributed by atoms with van der Waals surface area (Å²) in [6.07, 6.45) is -19.3. The van der Waals surface area contributed by atoms with E-state index in [1.54, 1.807) is 6.07 Å². The van der Waals surface area contributed by atoms with Gasteiger partial charge in [0.15, 0.2) is 5.82 Å². The lowest BCUT2D eigenvalue weighted by Gasteiger charge is -2.32. The van der Waals surface area contributed by atoms with Gasteiger partial charge in [0.2, 0.25) is 0 Å². The number of amides is 3. The number of nitrogens with zero attached hydrogens (tertiary/aromatic N) is 1. The molecular weight excluding hydrogens is 689 g/mol. The Hall–Kier alpha value is -4.28. The predicted molar refractivity (Wildman–Crippen MR) is 137 cm³/mol. The number of alkyl halides is 10. The molecule has 0 unspecified atom stereocenters. The quantitative estimate of drug-likeness (QED) is 0.207. The Bertz CT molecular complexity index is 1600. The van der Waals surface area contributed by atoms with E-state index in [9.17, 15) is 58.3 Å². The molecule has 0 aliphatic rings. The molecule has 0 aliphatic heterocycles. The third-order valence-electron chi connectivity index (χ3n) is 5.88. The van der Waals surface area contributed by atoms with Crippen LogP contribution in [0.5, 0.6) is 0 Å². The van der Waals surface area contributed by atoms with Crippen molar-refractivity contribution < 1.29 is 62.7 Å². The summed E-state index contributed by atoms with van der Waals surface area (Å²) in [5.74, 6) is -6.14. The van der Waals surface area contributed by atoms with Gasteiger partial charge in [-0.3, -0.25) is 14.4 Å². The van der Waals surface area contributed by atoms with E-state index in [2.05, 4.69) is 27.8 Å². The van der Waals surface area contributed by atoms with Gasteiger partial charge in [-0.1, -0.05) is 30.8 Å². The highest BCUT2D eigenvalue weighted by Gasteiger charge is 2.73. The highest BCUT2D eigenvalue weighted by atomic mass is 79.9. The maximum atomic E-state index is 15.4. The number of halogens is 12. The number of hydrogen-bond acceptors (Lipinski definition) is 3. The minimum absolute atomic E-state index is 0.0209. The second-order valence-corrected chi connectivity index (χ2v) is 9.53. The van der Waals surface area contributed by atoms with Crippen LogP contribution in [0, 0.1) is 5.82 Å². The summed E-state index contributed by atoms with van der Waals surface area (Å²) in [4.78, 5) is 38.1. The minimum atomic E-state index is -6.81. The SMILES string of the molecule is C=CC(=O)N(C(=O)c1cccc(NC(=O)c2ccccc2)c1F)c1c(Br)cc(C(F)(C(F)(F)F)C(F)(F)F)cc1C(F)(F)F. The van der Waals surface area contributed by atoms with Crippen molar-refractivity contribution in [3.8, 4) is 0 Å². The summed E-state index contributed by atoms with van der Waals surface area (Å²) < 4.78 is 151. The van der Waals surface area contributed by atoms with E-state index in [0.29, 0.717) is 6.07 Å². The van der Waals surface area contributed by atoms with Gasteiger partial charge in [-0.25, -0.2) is 13.7 Å². The Morgan fingerprint density at radius 1 is 0.818 bits per heavy atom. The first kappa shape index (κ1) is 34.2. The van der Waals surface area contributed by atoms with Crippen molar-refractivity contribution in [2.24, 2.45) is 0 Å². The van der Waals surface area contributed by atoms with Gasteiger partial charge in [-0.2, -0.15) is 39.5 Å². The van der Waals surface area contributed by atoms with E-state index < -0.39 is 91.2 Å². The van der Waals surface area contributed by atoms with E-state index in [1.807, 2.05) is 0 Å². The zero-order valence-corrected chi connectivity index (χ0v) is 22.9. The van der Waals surface area contributed by atoms with Crippen LogP contribution >= 0.6 is 15.9 Å². The van der Waals surface area contributed by atoms with Gasteiger partial charge in [0.25, 0.3) is 17.7 Å². The van der Waals surface area contributed by atoms with Crippen LogP contribution in [-0.4, -0.2) is 30.1 Å². The smallest absolute Gasteiger partial charge is 0.319 e. The molecule has 3 rings (SSSR count). The monoisotopic (exact) mass is 702 g/mol. The molecule has 0 heterocycles. The lowest BCUT2D eigenvalue weighted by atomic mass is 9.91. The second-order valence-electron chi connectivity index (χ2n) is 8.68. The van der Waals surface area contributed by atoms with Crippen LogP contribution in [0.3, 0.4) is 0 Å². The van der Waals surface area contributed by atoms with Crippen LogP contribution in [0.2, 0.25) is 0 Å². The predicted octanol–water partition coefficient (Wildman–Crippen LogP) is 8.51. The number of anilines is 2. The molecule has 0 fully saturated rings. The number of nitrogens with one attached hydrogen (secondary N) is 1. The minimum Gasteiger partial charge on any atom is -0.319 e. The Labute approximate surface area is 248 Å². The van der Waals surface area contributed by atoms with E-state index >= 15 is 4.39 Å². The third kappa shape index (κ3) is 6.32. The van der Waals surface area contributed by atoms with E-state index in [-0.39, 0.29) is 17.7 Å². The molecule has 3 amide bonds. The molecule has 0 saturated carbocycles. The molecule has 0 bridgehead atoms. The molecule has 3 aromatic rings. The van der Waals surface area contributed by atoms with Crippen molar-refractivity contribution in [1.82, 2.24) is 0 Å². The summed E-state index contributed by atoms with van der Waals surface area (Å²) >= 11 is 2.31. The highest BCUT2D eigenvalue weighted by Crippen LogP contribution is 2.55. The van der Waals surface area contributed by atoms with Crippen LogP contribution in [-0.2, 0) is 16.6 Å². The molecule has 0 radical (unpaired) electrons. The summed E-state index contributed by atoms with van der Waals surface area (Å²) in [5, 5.41) is 2.11. The fourth-order valence-electron chi connectivity index (χ4n) is 3.83. The third-order valence-corrected chi connectivity index (χ3v) is 6.49. The molecule has 3 aromatic carbocycles. The van der Waals surface area contributed by atoms with Crippen LogP contribution in [0.15, 0.2) is 77.8 Å². The summed E-state index contributed by atoms with van der Waals surface area (Å²) in [5.41, 5.74) is -15.0. The van der Waals surface area contributed by atoms with Crippen molar-refractivity contribution in [2.45, 2.75) is 24.2 Å². The van der Waals surface area contributed by atoms with Gasteiger partial charge in [0.1, 0.15) is 0 Å². The Balaban J connectivity index is 2.26. The van der Waals surface area contributed by atoms with Crippen LogP contribution in [0.1, 0.15) is 31.8 Å². The summed E-state index contributed by atoms with van der Waals surface area (Å²) in [6.45, 7) is 2.99. The zero-order valence-electron chi connectivity index (χ0n) is 21.3. The molecule has 0 aromatic heterocycles. The molecule has 0 aliphatic carbocycles. The topological polar surface area (TPSA) is 66.5 Å². The largest absolute Gasteiger partial charge is 0.435 e. The number of carbonyl (C=O) groups is 3. The van der Waals surface area contributed by atoms with Gasteiger partial charge < -0.3 is 5.32 Å². The Kier molecular flexibility index (Phi) is 9.34. The van der Waals surface area contributed by atoms with Crippen molar-refractivity contribution in [3.63, 3.8) is 0 Å². The Morgan fingerprint density at radius 3 is 1.89 bits per heavy atom. The maximum absolute atomic E-state index is 15.4. The number of imide groups is 1. The second kappa shape index (κ2) is 12.0. The molecule has 1 N–H and O–H groups in total. The molecule has 0 spiro atoms. The molecule has 234 valence electrons. The van der Waals surface area contributed by atoms with Crippen LogP contribution < -0.4 is 10.2 Å². The zero-order chi connectivity index (χ0) is 33.4. The average molecular weight is 703 g/mol. The van der Waals surface area contributed by atoms with E-state index in [4.69, 9.17) is 0 Å². The number of rotatable bonds is 6. The summed E-state index contributed by atoms with van der Waals surface area (Å²) in [7, 11) is 0. The van der Waals surface area contributed by atoms with Gasteiger partial charge in [0.05, 0.1) is 22.5 Å². The first-order chi connectivity index (χ1) is 20.2. The lowest BCUT2D eigenvalue weighted by molar-refractivity contribution is -0.348. The molecule has 44 heavy (non-hydrogen) atoms. The van der Waals surface area contributed by atoms with Gasteiger partial charge in [-0.15, -0.1) is 0 Å². The van der Waals surface area contributed by atoms with E-state index in [1.165, 1.54) is 24.3 Å². The average Bonchev–Trinajstić information content (AvgIpc) is 2.92. The molecule has 5 nitrogen and oxygen atoms in total. The van der Waals surface area contributed by atoms with E-state index in [0.717, 1.165) is 12.1 Å². The molecular formula is C27H14BrF11N2O3. The Morgan fingerprint density at radius 2 is 1.39 bits per heavy atom. The number of hydrogen-bond donors (Lipinski definition) is 1. The number of carbonyl (C=O) groups excluding carboxylic acids is 3. The molecule has 17 heteroatoms. The summed E-state index contributed by atoms with van der Waals surface area (Å²) in [6, 6.07) is 8.46. The first-order valence-corrected chi connectivity index (χ1v) is 12.4. The maximum Gasteiger partial charge on any atom is 0.435 e. The van der Waals surface area contributed by atoms with Crippen molar-refractivity contribution in [1.29, 1.82) is 0 Å². The first-order valence-electron chi connectivity index (χ1n) is 11.6. The number of benzene rings is 3. The van der Waals surface area contributed by atoms with Gasteiger partial charge >= 0.3 is 24.2 Å². The normalized spacial score (nSPS) is 12.5. The van der Waals surface area contributed by atoms with Gasteiger partial charge in [-0.05, 0) is 58.4 Å². The van der Waals surface area contributed by atoms with Crippen LogP contribution in [0.25, 0.3) is 0 Å². The highest BCUT2D eigenvalue weighted by molar-refractivity contribution is 9.10.